The quantitative estimate of drug-likeness (QED) is 0.664. The molecule has 1 aromatic heterocycles. The molecular weight excluding hydrogens is 340 g/mol. The maximum absolute atomic E-state index is 13.9. The molecule has 106 valence electrons. The van der Waals surface area contributed by atoms with E-state index in [1.54, 1.807) is 0 Å². The highest BCUT2D eigenvalue weighted by atomic mass is 79.9. The predicted molar refractivity (Wildman–Crippen MR) is 83.5 cm³/mol. The number of hydrogen-bond acceptors (Lipinski definition) is 3. The molecule has 0 aliphatic rings. The van der Waals surface area contributed by atoms with Crippen LogP contribution in [0.2, 0.25) is 0 Å². The monoisotopic (exact) mass is 349 g/mol. The number of fused-ring (bicyclic) bond motifs is 1. The molecule has 2 aromatic carbocycles. The number of nitrogens with zero attached hydrogens (tertiary/aromatic N) is 1. The number of aromatic nitrogens is 1. The predicted octanol–water partition coefficient (Wildman–Crippen LogP) is 4.60. The molecule has 0 aliphatic heterocycles. The van der Waals surface area contributed by atoms with Gasteiger partial charge in [0, 0.05) is 11.5 Å². The first kappa shape index (κ1) is 13.8. The molecule has 0 radical (unpaired) electrons. The molecule has 0 saturated carbocycles. The van der Waals surface area contributed by atoms with Gasteiger partial charge in [-0.2, -0.15) is 0 Å². The average molecular weight is 350 g/mol. The van der Waals surface area contributed by atoms with Gasteiger partial charge in [0.15, 0.2) is 0 Å². The Bertz CT molecular complexity index is 837. The minimum Gasteiger partial charge on any atom is -0.396 e. The van der Waals surface area contributed by atoms with Gasteiger partial charge in [0.25, 0.3) is 0 Å². The molecule has 0 aliphatic carbocycles. The summed E-state index contributed by atoms with van der Waals surface area (Å²) in [6, 6.07) is 9.50. The Labute approximate surface area is 127 Å². The van der Waals surface area contributed by atoms with Crippen LogP contribution in [0.3, 0.4) is 0 Å². The summed E-state index contributed by atoms with van der Waals surface area (Å²) in [4.78, 5) is 4.21. The Morgan fingerprint density at radius 3 is 2.67 bits per heavy atom. The summed E-state index contributed by atoms with van der Waals surface area (Å²) in [5.41, 5.74) is 7.71. The van der Waals surface area contributed by atoms with Crippen molar-refractivity contribution in [3.8, 4) is 0 Å². The molecule has 0 bridgehead atoms. The second-order valence-electron chi connectivity index (χ2n) is 4.48. The first-order chi connectivity index (χ1) is 10.1. The van der Waals surface area contributed by atoms with Gasteiger partial charge in [-0.3, -0.25) is 4.98 Å². The summed E-state index contributed by atoms with van der Waals surface area (Å²) >= 11 is 3.04. The van der Waals surface area contributed by atoms with E-state index in [-0.39, 0.29) is 10.2 Å². The van der Waals surface area contributed by atoms with Crippen LogP contribution in [0.4, 0.5) is 25.8 Å². The molecule has 6 heteroatoms. The van der Waals surface area contributed by atoms with E-state index in [1.165, 1.54) is 12.3 Å². The lowest BCUT2D eigenvalue weighted by molar-refractivity contribution is 0.581. The Kier molecular flexibility index (Phi) is 3.47. The zero-order valence-corrected chi connectivity index (χ0v) is 12.3. The highest BCUT2D eigenvalue weighted by Gasteiger charge is 2.12. The fourth-order valence-corrected chi connectivity index (χ4v) is 2.39. The van der Waals surface area contributed by atoms with Crippen LogP contribution < -0.4 is 11.1 Å². The second-order valence-corrected chi connectivity index (χ2v) is 5.33. The van der Waals surface area contributed by atoms with E-state index in [9.17, 15) is 8.78 Å². The molecule has 3 aromatic rings. The molecule has 0 fully saturated rings. The number of nitrogens with two attached hydrogens (primary N) is 1. The highest BCUT2D eigenvalue weighted by Crippen LogP contribution is 2.33. The van der Waals surface area contributed by atoms with Gasteiger partial charge in [-0.05, 0) is 28.1 Å². The van der Waals surface area contributed by atoms with Crippen molar-refractivity contribution in [2.24, 2.45) is 0 Å². The Morgan fingerprint density at radius 1 is 1.10 bits per heavy atom. The van der Waals surface area contributed by atoms with Crippen molar-refractivity contribution in [2.45, 2.75) is 0 Å². The Hall–Kier alpha value is -2.21. The number of benzene rings is 2. The molecule has 0 amide bonds. The van der Waals surface area contributed by atoms with Crippen LogP contribution in [0, 0.1) is 11.6 Å². The van der Waals surface area contributed by atoms with Crippen LogP contribution in [0.5, 0.6) is 0 Å². The smallest absolute Gasteiger partial charge is 0.149 e. The van der Waals surface area contributed by atoms with Gasteiger partial charge in [0.05, 0.1) is 33.2 Å². The van der Waals surface area contributed by atoms with Crippen LogP contribution in [0.15, 0.2) is 47.1 Å². The summed E-state index contributed by atoms with van der Waals surface area (Å²) < 4.78 is 27.3. The number of anilines is 3. The van der Waals surface area contributed by atoms with E-state index in [0.29, 0.717) is 11.4 Å². The minimum absolute atomic E-state index is 0.131. The molecule has 0 saturated heterocycles. The number of nitrogens with one attached hydrogen (secondary N) is 1. The fraction of sp³-hybridized carbons (Fsp3) is 0. The Morgan fingerprint density at radius 2 is 1.86 bits per heavy atom. The molecule has 1 heterocycles. The van der Waals surface area contributed by atoms with Gasteiger partial charge < -0.3 is 11.1 Å². The highest BCUT2D eigenvalue weighted by molar-refractivity contribution is 9.10. The van der Waals surface area contributed by atoms with Crippen LogP contribution in [-0.2, 0) is 0 Å². The number of hydrogen-bond donors (Lipinski definition) is 2. The van der Waals surface area contributed by atoms with Gasteiger partial charge in [-0.25, -0.2) is 8.78 Å². The zero-order valence-electron chi connectivity index (χ0n) is 10.7. The van der Waals surface area contributed by atoms with Crippen molar-refractivity contribution in [1.29, 1.82) is 0 Å². The number of nitrogen functional groups attached to an aromatic ring is 1. The number of pyridine rings is 1. The number of para-hydroxylation sites is 1. The molecule has 0 unspecified atom stereocenters. The molecule has 3 N–H and O–H groups in total. The standard InChI is InChI=1S/C15H10BrF2N3/c16-9-5-14(11(18)6-10(9)17)21-15-8-3-1-2-4-13(8)20-7-12(15)19/h1-7H,19H2,(H,20,21). The largest absolute Gasteiger partial charge is 0.396 e. The lowest BCUT2D eigenvalue weighted by Crippen LogP contribution is -2.01. The van der Waals surface area contributed by atoms with E-state index < -0.39 is 11.6 Å². The lowest BCUT2D eigenvalue weighted by atomic mass is 10.1. The van der Waals surface area contributed by atoms with Crippen molar-refractivity contribution >= 4 is 43.9 Å². The molecule has 0 atom stereocenters. The van der Waals surface area contributed by atoms with Crippen molar-refractivity contribution < 1.29 is 8.78 Å². The zero-order chi connectivity index (χ0) is 15.0. The van der Waals surface area contributed by atoms with E-state index in [2.05, 4.69) is 26.2 Å². The third-order valence-electron chi connectivity index (χ3n) is 3.07. The van der Waals surface area contributed by atoms with Crippen LogP contribution in [0.25, 0.3) is 10.9 Å². The van der Waals surface area contributed by atoms with E-state index in [4.69, 9.17) is 5.73 Å². The van der Waals surface area contributed by atoms with Gasteiger partial charge in [-0.15, -0.1) is 0 Å². The topological polar surface area (TPSA) is 50.9 Å². The number of halogens is 3. The number of rotatable bonds is 2. The van der Waals surface area contributed by atoms with Crippen molar-refractivity contribution in [2.75, 3.05) is 11.1 Å². The summed E-state index contributed by atoms with van der Waals surface area (Å²) in [6.07, 6.45) is 1.50. The van der Waals surface area contributed by atoms with Gasteiger partial charge in [-0.1, -0.05) is 18.2 Å². The fourth-order valence-electron chi connectivity index (χ4n) is 2.05. The lowest BCUT2D eigenvalue weighted by Gasteiger charge is -2.13. The summed E-state index contributed by atoms with van der Waals surface area (Å²) in [7, 11) is 0. The molecule has 3 nitrogen and oxygen atoms in total. The summed E-state index contributed by atoms with van der Waals surface area (Å²) in [5.74, 6) is -1.36. The van der Waals surface area contributed by atoms with Crippen LogP contribution in [-0.4, -0.2) is 4.98 Å². The van der Waals surface area contributed by atoms with E-state index in [0.717, 1.165) is 17.0 Å². The summed E-state index contributed by atoms with van der Waals surface area (Å²) in [6.45, 7) is 0. The van der Waals surface area contributed by atoms with Crippen LogP contribution in [0.1, 0.15) is 0 Å². The maximum atomic E-state index is 13.9. The van der Waals surface area contributed by atoms with Crippen molar-refractivity contribution in [3.63, 3.8) is 0 Å². The minimum atomic E-state index is -0.698. The van der Waals surface area contributed by atoms with E-state index >= 15 is 0 Å². The molecule has 21 heavy (non-hydrogen) atoms. The second kappa shape index (κ2) is 5.29. The molecular formula is C15H10BrF2N3. The van der Waals surface area contributed by atoms with Crippen molar-refractivity contribution in [1.82, 2.24) is 4.98 Å². The van der Waals surface area contributed by atoms with Crippen LogP contribution >= 0.6 is 15.9 Å². The van der Waals surface area contributed by atoms with Gasteiger partial charge in [0.1, 0.15) is 11.6 Å². The third-order valence-corrected chi connectivity index (χ3v) is 3.68. The normalized spacial score (nSPS) is 10.8. The summed E-state index contributed by atoms with van der Waals surface area (Å²) in [5, 5.41) is 3.68. The Balaban J connectivity index is 2.14. The first-order valence-corrected chi connectivity index (χ1v) is 6.90. The van der Waals surface area contributed by atoms with Gasteiger partial charge >= 0.3 is 0 Å². The molecule has 3 rings (SSSR count). The van der Waals surface area contributed by atoms with Crippen molar-refractivity contribution in [3.05, 3.63) is 58.7 Å². The first-order valence-electron chi connectivity index (χ1n) is 6.11. The maximum Gasteiger partial charge on any atom is 0.149 e. The average Bonchev–Trinajstić information content (AvgIpc) is 2.47. The van der Waals surface area contributed by atoms with E-state index in [1.807, 2.05) is 24.3 Å². The molecule has 0 spiro atoms. The van der Waals surface area contributed by atoms with Gasteiger partial charge in [0.2, 0.25) is 0 Å². The SMILES string of the molecule is Nc1cnc2ccccc2c1Nc1cc(Br)c(F)cc1F. The third kappa shape index (κ3) is 2.54.